The Balaban J connectivity index is 2.19. The molecular weight excluding hydrogens is 364 g/mol. The van der Waals surface area contributed by atoms with Gasteiger partial charge in [0, 0.05) is 19.4 Å². The minimum absolute atomic E-state index is 0.238. The van der Waals surface area contributed by atoms with Crippen LogP contribution in [-0.2, 0) is 11.2 Å². The summed E-state index contributed by atoms with van der Waals surface area (Å²) in [7, 11) is 1.44. The number of hydrogen-bond donors (Lipinski definition) is 2. The van der Waals surface area contributed by atoms with E-state index in [2.05, 4.69) is 27.8 Å². The van der Waals surface area contributed by atoms with E-state index in [1.54, 1.807) is 0 Å². The highest BCUT2D eigenvalue weighted by Crippen LogP contribution is 2.31. The smallest absolute Gasteiger partial charge is 0.261 e. The standard InChI is InChI=1S/C16H19ClN4O3S/c1-4-5-6-14-20-21-16(25-14)19-15(23)10-7-11(17)12(18-9(2)22)8-13(10)24-3/h7-8H,4-6H2,1-3H3,(H,18,22)(H,19,21,23). The minimum Gasteiger partial charge on any atom is -0.496 e. The summed E-state index contributed by atoms with van der Waals surface area (Å²) in [4.78, 5) is 23.7. The highest BCUT2D eigenvalue weighted by Gasteiger charge is 2.18. The van der Waals surface area contributed by atoms with Gasteiger partial charge in [0.25, 0.3) is 5.91 Å². The third-order valence-electron chi connectivity index (χ3n) is 3.28. The molecule has 0 aliphatic rings. The van der Waals surface area contributed by atoms with Crippen LogP contribution in [0.5, 0.6) is 5.75 Å². The van der Waals surface area contributed by atoms with Crippen LogP contribution in [0.1, 0.15) is 42.1 Å². The molecule has 0 bridgehead atoms. The number of carbonyl (C=O) groups is 2. The second-order valence-electron chi connectivity index (χ2n) is 5.27. The van der Waals surface area contributed by atoms with Crippen LogP contribution in [0.4, 0.5) is 10.8 Å². The summed E-state index contributed by atoms with van der Waals surface area (Å²) in [6, 6.07) is 2.95. The monoisotopic (exact) mass is 382 g/mol. The topological polar surface area (TPSA) is 93.2 Å². The van der Waals surface area contributed by atoms with Crippen molar-refractivity contribution in [3.8, 4) is 5.75 Å². The number of rotatable bonds is 7. The van der Waals surface area contributed by atoms with Crippen molar-refractivity contribution in [2.45, 2.75) is 33.1 Å². The van der Waals surface area contributed by atoms with Gasteiger partial charge >= 0.3 is 0 Å². The number of unbranched alkanes of at least 4 members (excludes halogenated alkanes) is 1. The first-order chi connectivity index (χ1) is 11.9. The number of nitrogens with zero attached hydrogens (tertiary/aromatic N) is 2. The largest absolute Gasteiger partial charge is 0.496 e. The number of nitrogens with one attached hydrogen (secondary N) is 2. The van der Waals surface area contributed by atoms with E-state index in [0.29, 0.717) is 16.6 Å². The van der Waals surface area contributed by atoms with Gasteiger partial charge in [0.15, 0.2) is 0 Å². The highest BCUT2D eigenvalue weighted by atomic mass is 35.5. The summed E-state index contributed by atoms with van der Waals surface area (Å²) in [5, 5.41) is 14.8. The maximum atomic E-state index is 12.5. The second-order valence-corrected chi connectivity index (χ2v) is 6.74. The van der Waals surface area contributed by atoms with Crippen LogP contribution >= 0.6 is 22.9 Å². The Morgan fingerprint density at radius 1 is 1.28 bits per heavy atom. The summed E-state index contributed by atoms with van der Waals surface area (Å²) in [5.74, 6) is -0.387. The molecule has 0 spiro atoms. The van der Waals surface area contributed by atoms with Gasteiger partial charge in [-0.15, -0.1) is 10.2 Å². The summed E-state index contributed by atoms with van der Waals surface area (Å²) in [5.41, 5.74) is 0.618. The van der Waals surface area contributed by atoms with E-state index in [0.717, 1.165) is 24.3 Å². The molecule has 0 saturated heterocycles. The van der Waals surface area contributed by atoms with Gasteiger partial charge in [-0.3, -0.25) is 14.9 Å². The quantitative estimate of drug-likeness (QED) is 0.760. The van der Waals surface area contributed by atoms with Crippen molar-refractivity contribution in [3.63, 3.8) is 0 Å². The van der Waals surface area contributed by atoms with Crippen LogP contribution in [0.2, 0.25) is 5.02 Å². The Labute approximate surface area is 154 Å². The SMILES string of the molecule is CCCCc1nnc(NC(=O)c2cc(Cl)c(NC(C)=O)cc2OC)s1. The number of methoxy groups -OCH3 is 1. The average molecular weight is 383 g/mol. The Morgan fingerprint density at radius 3 is 2.68 bits per heavy atom. The van der Waals surface area contributed by atoms with Crippen LogP contribution in [-0.4, -0.2) is 29.1 Å². The zero-order valence-electron chi connectivity index (χ0n) is 14.2. The highest BCUT2D eigenvalue weighted by molar-refractivity contribution is 7.15. The number of hydrogen-bond acceptors (Lipinski definition) is 6. The van der Waals surface area contributed by atoms with Gasteiger partial charge in [-0.1, -0.05) is 36.3 Å². The molecule has 2 N–H and O–H groups in total. The molecule has 1 heterocycles. The van der Waals surface area contributed by atoms with E-state index in [1.807, 2.05) is 0 Å². The molecule has 0 aliphatic heterocycles. The number of carbonyl (C=O) groups excluding carboxylic acids is 2. The van der Waals surface area contributed by atoms with Gasteiger partial charge in [0.05, 0.1) is 23.4 Å². The van der Waals surface area contributed by atoms with Gasteiger partial charge in [-0.2, -0.15) is 0 Å². The third-order valence-corrected chi connectivity index (χ3v) is 4.49. The first kappa shape index (κ1) is 19.1. The van der Waals surface area contributed by atoms with E-state index in [4.69, 9.17) is 16.3 Å². The molecule has 1 aromatic heterocycles. The number of ether oxygens (including phenoxy) is 1. The van der Waals surface area contributed by atoms with Crippen molar-refractivity contribution < 1.29 is 14.3 Å². The molecule has 0 radical (unpaired) electrons. The Morgan fingerprint density at radius 2 is 2.04 bits per heavy atom. The summed E-state index contributed by atoms with van der Waals surface area (Å²) < 4.78 is 5.24. The van der Waals surface area contributed by atoms with Crippen molar-refractivity contribution in [2.75, 3.05) is 17.7 Å². The fourth-order valence-corrected chi connectivity index (χ4v) is 3.07. The molecule has 1 aromatic carbocycles. The van der Waals surface area contributed by atoms with E-state index < -0.39 is 5.91 Å². The molecule has 7 nitrogen and oxygen atoms in total. The summed E-state index contributed by atoms with van der Waals surface area (Å²) in [6.45, 7) is 3.47. The first-order valence-electron chi connectivity index (χ1n) is 7.73. The Hall–Kier alpha value is -2.19. The molecule has 0 atom stereocenters. The lowest BCUT2D eigenvalue weighted by Crippen LogP contribution is -2.14. The average Bonchev–Trinajstić information content (AvgIpc) is 3.01. The molecule has 0 unspecified atom stereocenters. The van der Waals surface area contributed by atoms with Crippen molar-refractivity contribution in [1.82, 2.24) is 10.2 Å². The third kappa shape index (κ3) is 5.14. The summed E-state index contributed by atoms with van der Waals surface area (Å²) in [6.07, 6.45) is 2.93. The van der Waals surface area contributed by atoms with Gasteiger partial charge in [-0.05, 0) is 12.5 Å². The molecule has 0 aliphatic carbocycles. The number of aryl methyl sites for hydroxylation is 1. The fourth-order valence-electron chi connectivity index (χ4n) is 2.08. The lowest BCUT2D eigenvalue weighted by Gasteiger charge is -2.12. The zero-order chi connectivity index (χ0) is 18.4. The van der Waals surface area contributed by atoms with Gasteiger partial charge in [-0.25, -0.2) is 0 Å². The Bertz CT molecular complexity index is 779. The fraction of sp³-hybridized carbons (Fsp3) is 0.375. The van der Waals surface area contributed by atoms with Crippen LogP contribution in [0.25, 0.3) is 0 Å². The molecule has 2 aromatic rings. The number of halogens is 1. The molecule has 25 heavy (non-hydrogen) atoms. The number of benzene rings is 1. The predicted octanol–water partition coefficient (Wildman–Crippen LogP) is 3.75. The summed E-state index contributed by atoms with van der Waals surface area (Å²) >= 11 is 7.48. The molecule has 9 heteroatoms. The van der Waals surface area contributed by atoms with Crippen molar-refractivity contribution in [2.24, 2.45) is 0 Å². The number of amides is 2. The molecular formula is C16H19ClN4O3S. The number of aromatic nitrogens is 2. The lowest BCUT2D eigenvalue weighted by molar-refractivity contribution is -0.114. The van der Waals surface area contributed by atoms with Crippen LogP contribution in [0, 0.1) is 0 Å². The van der Waals surface area contributed by atoms with Crippen molar-refractivity contribution in [1.29, 1.82) is 0 Å². The predicted molar refractivity (Wildman–Crippen MR) is 98.8 cm³/mol. The van der Waals surface area contributed by atoms with E-state index in [1.165, 1.54) is 37.5 Å². The van der Waals surface area contributed by atoms with Crippen LogP contribution in [0.15, 0.2) is 12.1 Å². The molecule has 2 amide bonds. The Kier molecular flexibility index (Phi) is 6.72. The normalized spacial score (nSPS) is 10.4. The molecule has 134 valence electrons. The minimum atomic E-state index is -0.411. The molecule has 0 fully saturated rings. The van der Waals surface area contributed by atoms with E-state index in [-0.39, 0.29) is 16.5 Å². The first-order valence-corrected chi connectivity index (χ1v) is 8.92. The lowest BCUT2D eigenvalue weighted by atomic mass is 10.1. The van der Waals surface area contributed by atoms with Gasteiger partial charge in [0.1, 0.15) is 10.8 Å². The second kappa shape index (κ2) is 8.77. The van der Waals surface area contributed by atoms with Crippen LogP contribution < -0.4 is 15.4 Å². The molecule has 0 saturated carbocycles. The maximum absolute atomic E-state index is 12.5. The molecule has 2 rings (SSSR count). The van der Waals surface area contributed by atoms with Crippen molar-refractivity contribution in [3.05, 3.63) is 27.7 Å². The van der Waals surface area contributed by atoms with E-state index in [9.17, 15) is 9.59 Å². The zero-order valence-corrected chi connectivity index (χ0v) is 15.8. The van der Waals surface area contributed by atoms with Gasteiger partial charge in [0.2, 0.25) is 11.0 Å². The maximum Gasteiger partial charge on any atom is 0.261 e. The van der Waals surface area contributed by atoms with Gasteiger partial charge < -0.3 is 10.1 Å². The van der Waals surface area contributed by atoms with E-state index >= 15 is 0 Å². The van der Waals surface area contributed by atoms with Crippen LogP contribution in [0.3, 0.4) is 0 Å². The number of anilines is 2. The van der Waals surface area contributed by atoms with Crippen molar-refractivity contribution >= 4 is 45.6 Å².